The molecule has 7 nitrogen and oxygen atoms in total. The number of carbonyl (C=O) groups excluding carboxylic acids is 3. The first-order chi connectivity index (χ1) is 14.2. The highest BCUT2D eigenvalue weighted by molar-refractivity contribution is 8.18. The molecule has 0 aliphatic carbocycles. The fourth-order valence-electron chi connectivity index (χ4n) is 2.51. The van der Waals surface area contributed by atoms with Gasteiger partial charge in [-0.05, 0) is 55.1 Å². The van der Waals surface area contributed by atoms with Crippen molar-refractivity contribution in [1.82, 2.24) is 4.90 Å². The van der Waals surface area contributed by atoms with E-state index in [4.69, 9.17) is 9.15 Å². The van der Waals surface area contributed by atoms with E-state index >= 15 is 0 Å². The van der Waals surface area contributed by atoms with E-state index in [9.17, 15) is 27.6 Å². The van der Waals surface area contributed by atoms with Crippen molar-refractivity contribution in [2.45, 2.75) is 13.3 Å². The first-order valence-electron chi connectivity index (χ1n) is 8.53. The van der Waals surface area contributed by atoms with Gasteiger partial charge in [-0.1, -0.05) is 0 Å². The fraction of sp³-hybridized carbons (Fsp3) is 0.211. The minimum Gasteiger partial charge on any atom is -0.465 e. The number of esters is 1. The average Bonchev–Trinajstić information content (AvgIpc) is 3.22. The number of nitrogens with zero attached hydrogens (tertiary/aromatic N) is 1. The lowest BCUT2D eigenvalue weighted by molar-refractivity contribution is -0.274. The van der Waals surface area contributed by atoms with Crippen LogP contribution in [-0.2, 0) is 14.3 Å². The molecule has 1 aromatic heterocycles. The van der Waals surface area contributed by atoms with Crippen LogP contribution in [0.3, 0.4) is 0 Å². The van der Waals surface area contributed by atoms with Crippen molar-refractivity contribution in [2.75, 3.05) is 13.2 Å². The maximum Gasteiger partial charge on any atom is 0.573 e. The molecule has 1 aromatic carbocycles. The van der Waals surface area contributed by atoms with Crippen molar-refractivity contribution < 1.29 is 41.4 Å². The Balaban J connectivity index is 1.72. The van der Waals surface area contributed by atoms with Crippen LogP contribution in [-0.4, -0.2) is 41.5 Å². The number of benzene rings is 1. The minimum absolute atomic E-state index is 0.0686. The smallest absolute Gasteiger partial charge is 0.465 e. The Morgan fingerprint density at radius 2 is 1.87 bits per heavy atom. The molecule has 1 aliphatic rings. The van der Waals surface area contributed by atoms with Crippen LogP contribution in [0.2, 0.25) is 0 Å². The Morgan fingerprint density at radius 3 is 2.50 bits per heavy atom. The number of carbonyl (C=O) groups is 3. The normalized spacial score (nSPS) is 15.7. The molecular weight excluding hydrogens is 427 g/mol. The van der Waals surface area contributed by atoms with Gasteiger partial charge in [-0.2, -0.15) is 0 Å². The summed E-state index contributed by atoms with van der Waals surface area (Å²) in [6, 6.07) is 8.16. The number of rotatable bonds is 6. The zero-order valence-corrected chi connectivity index (χ0v) is 16.2. The summed E-state index contributed by atoms with van der Waals surface area (Å²) < 4.78 is 50.8. The van der Waals surface area contributed by atoms with Crippen LogP contribution < -0.4 is 4.74 Å². The standard InChI is InChI=1S/C19H14F3NO6S/c1-2-27-16(24)10-23-17(25)15(30-18(23)26)9-13-7-8-14(28-13)11-3-5-12(6-4-11)29-19(20,21)22/h3-9H,2,10H2,1H3/b15-9-. The Bertz CT molecular complexity index is 996. The van der Waals surface area contributed by atoms with E-state index in [1.54, 1.807) is 13.0 Å². The Kier molecular flexibility index (Phi) is 6.20. The van der Waals surface area contributed by atoms with Crippen molar-refractivity contribution in [3.63, 3.8) is 0 Å². The van der Waals surface area contributed by atoms with E-state index in [0.29, 0.717) is 23.1 Å². The number of hydrogen-bond acceptors (Lipinski definition) is 7. The molecule has 0 N–H and O–H groups in total. The van der Waals surface area contributed by atoms with Gasteiger partial charge in [-0.15, -0.1) is 13.2 Å². The summed E-state index contributed by atoms with van der Waals surface area (Å²) in [7, 11) is 0. The molecule has 0 spiro atoms. The summed E-state index contributed by atoms with van der Waals surface area (Å²) in [5.74, 6) is -1.12. The van der Waals surface area contributed by atoms with E-state index in [2.05, 4.69) is 4.74 Å². The lowest BCUT2D eigenvalue weighted by Crippen LogP contribution is -2.34. The molecule has 0 unspecified atom stereocenters. The molecule has 1 saturated heterocycles. The van der Waals surface area contributed by atoms with Gasteiger partial charge in [-0.3, -0.25) is 19.3 Å². The number of furan rings is 1. The van der Waals surface area contributed by atoms with E-state index < -0.39 is 30.0 Å². The van der Waals surface area contributed by atoms with E-state index in [1.807, 2.05) is 0 Å². The third-order valence-corrected chi connectivity index (χ3v) is 4.65. The lowest BCUT2D eigenvalue weighted by atomic mass is 10.2. The number of ether oxygens (including phenoxy) is 2. The molecule has 0 bridgehead atoms. The predicted molar refractivity (Wildman–Crippen MR) is 100 cm³/mol. The number of thioether (sulfide) groups is 1. The maximum atomic E-state index is 12.3. The van der Waals surface area contributed by atoms with Crippen molar-refractivity contribution in [1.29, 1.82) is 0 Å². The number of amides is 2. The monoisotopic (exact) mass is 441 g/mol. The van der Waals surface area contributed by atoms with Crippen LogP contribution in [0.4, 0.5) is 18.0 Å². The van der Waals surface area contributed by atoms with Crippen LogP contribution in [0, 0.1) is 0 Å². The predicted octanol–water partition coefficient (Wildman–Crippen LogP) is 4.44. The molecule has 158 valence electrons. The van der Waals surface area contributed by atoms with E-state index in [0.717, 1.165) is 17.0 Å². The number of halogens is 3. The summed E-state index contributed by atoms with van der Waals surface area (Å²) in [6.45, 7) is 1.26. The van der Waals surface area contributed by atoms with Gasteiger partial charge in [0.25, 0.3) is 11.1 Å². The topological polar surface area (TPSA) is 86.1 Å². The average molecular weight is 441 g/mol. The Hall–Kier alpha value is -3.21. The third kappa shape index (κ3) is 5.23. The Labute approximate surface area is 172 Å². The quantitative estimate of drug-likeness (QED) is 0.484. The molecule has 0 radical (unpaired) electrons. The second-order valence-electron chi connectivity index (χ2n) is 5.85. The van der Waals surface area contributed by atoms with Crippen LogP contribution in [0.5, 0.6) is 5.75 Å². The molecular formula is C19H14F3NO6S. The zero-order valence-electron chi connectivity index (χ0n) is 15.4. The van der Waals surface area contributed by atoms with Gasteiger partial charge in [0, 0.05) is 11.6 Å². The highest BCUT2D eigenvalue weighted by Gasteiger charge is 2.37. The summed E-state index contributed by atoms with van der Waals surface area (Å²) in [5, 5.41) is -0.605. The molecule has 0 saturated carbocycles. The summed E-state index contributed by atoms with van der Waals surface area (Å²) in [6.07, 6.45) is -3.43. The summed E-state index contributed by atoms with van der Waals surface area (Å²) in [5.41, 5.74) is 0.486. The van der Waals surface area contributed by atoms with Gasteiger partial charge in [0.15, 0.2) is 0 Å². The molecule has 2 aromatic rings. The van der Waals surface area contributed by atoms with Gasteiger partial charge in [0.05, 0.1) is 11.5 Å². The molecule has 2 amide bonds. The van der Waals surface area contributed by atoms with Gasteiger partial charge in [0.2, 0.25) is 0 Å². The van der Waals surface area contributed by atoms with Crippen LogP contribution in [0.15, 0.2) is 45.7 Å². The molecule has 1 aliphatic heterocycles. The largest absolute Gasteiger partial charge is 0.573 e. The first kappa shape index (κ1) is 21.5. The highest BCUT2D eigenvalue weighted by Crippen LogP contribution is 2.33. The SMILES string of the molecule is CCOC(=O)CN1C(=O)S/C(=C\c2ccc(-c3ccc(OC(F)(F)F)cc3)o2)C1=O. The summed E-state index contributed by atoms with van der Waals surface area (Å²) >= 11 is 0.657. The van der Waals surface area contributed by atoms with Crippen LogP contribution in [0.25, 0.3) is 17.4 Å². The maximum absolute atomic E-state index is 12.3. The van der Waals surface area contributed by atoms with Crippen molar-refractivity contribution in [3.05, 3.63) is 47.1 Å². The van der Waals surface area contributed by atoms with Crippen molar-refractivity contribution in [3.8, 4) is 17.1 Å². The van der Waals surface area contributed by atoms with Gasteiger partial charge >= 0.3 is 12.3 Å². The lowest BCUT2D eigenvalue weighted by Gasteiger charge is -2.10. The number of imide groups is 1. The fourth-order valence-corrected chi connectivity index (χ4v) is 3.33. The van der Waals surface area contributed by atoms with E-state index in [-0.39, 0.29) is 23.0 Å². The molecule has 3 rings (SSSR count). The molecule has 1 fully saturated rings. The molecule has 11 heteroatoms. The van der Waals surface area contributed by atoms with E-state index in [1.165, 1.54) is 24.3 Å². The zero-order chi connectivity index (χ0) is 21.9. The molecule has 2 heterocycles. The first-order valence-corrected chi connectivity index (χ1v) is 9.35. The second-order valence-corrected chi connectivity index (χ2v) is 6.84. The number of hydrogen-bond donors (Lipinski definition) is 0. The second kappa shape index (κ2) is 8.66. The van der Waals surface area contributed by atoms with Crippen molar-refractivity contribution >= 4 is 35.0 Å². The third-order valence-electron chi connectivity index (χ3n) is 3.74. The van der Waals surface area contributed by atoms with Crippen molar-refractivity contribution in [2.24, 2.45) is 0 Å². The van der Waals surface area contributed by atoms with Gasteiger partial charge in [-0.25, -0.2) is 0 Å². The highest BCUT2D eigenvalue weighted by atomic mass is 32.2. The minimum atomic E-state index is -4.78. The molecule has 30 heavy (non-hydrogen) atoms. The number of alkyl halides is 3. The molecule has 0 atom stereocenters. The van der Waals surface area contributed by atoms with Crippen LogP contribution >= 0.6 is 11.8 Å². The van der Waals surface area contributed by atoms with Gasteiger partial charge in [0.1, 0.15) is 23.8 Å². The summed E-state index contributed by atoms with van der Waals surface area (Å²) in [4.78, 5) is 36.7. The van der Waals surface area contributed by atoms with Gasteiger partial charge < -0.3 is 13.9 Å². The Morgan fingerprint density at radius 1 is 1.17 bits per heavy atom. The van der Waals surface area contributed by atoms with Crippen LogP contribution in [0.1, 0.15) is 12.7 Å².